The van der Waals surface area contributed by atoms with Crippen LogP contribution in [0.5, 0.6) is 0 Å². The Morgan fingerprint density at radius 3 is 2.64 bits per heavy atom. The summed E-state index contributed by atoms with van der Waals surface area (Å²) in [6, 6.07) is -0.875. The fraction of sp³-hybridized carbons (Fsp3) is 0.556. The van der Waals surface area contributed by atoms with E-state index in [0.29, 0.717) is 6.54 Å². The molecule has 0 saturated carbocycles. The van der Waals surface area contributed by atoms with E-state index >= 15 is 0 Å². The maximum absolute atomic E-state index is 11.2. The molecule has 1 unspecified atom stereocenters. The third-order valence-electron chi connectivity index (χ3n) is 1.66. The number of urea groups is 1. The molecule has 0 rings (SSSR count). The highest BCUT2D eigenvalue weighted by atomic mass is 16.2. The number of carbonyl (C=O) groups is 2. The van der Waals surface area contributed by atoms with Crippen molar-refractivity contribution in [3.63, 3.8) is 0 Å². The highest BCUT2D eigenvalue weighted by molar-refractivity contribution is 5.96. The summed E-state index contributed by atoms with van der Waals surface area (Å²) in [5.41, 5.74) is 0. The zero-order chi connectivity index (χ0) is 11.0. The Kier molecular flexibility index (Phi) is 6.39. The predicted molar refractivity (Wildman–Crippen MR) is 54.9 cm³/mol. The molecule has 5 nitrogen and oxygen atoms in total. The molecular formula is C9H17N3O2. The number of hydrogen-bond donors (Lipinski definition) is 3. The van der Waals surface area contributed by atoms with Gasteiger partial charge in [0, 0.05) is 7.05 Å². The van der Waals surface area contributed by atoms with Gasteiger partial charge >= 0.3 is 6.03 Å². The summed E-state index contributed by atoms with van der Waals surface area (Å²) in [6.07, 6.45) is 2.55. The van der Waals surface area contributed by atoms with Crippen LogP contribution in [0.2, 0.25) is 0 Å². The van der Waals surface area contributed by atoms with E-state index in [1.165, 1.54) is 7.05 Å². The van der Waals surface area contributed by atoms with Crippen LogP contribution in [0.1, 0.15) is 13.3 Å². The first kappa shape index (κ1) is 12.6. The molecule has 0 spiro atoms. The summed E-state index contributed by atoms with van der Waals surface area (Å²) in [7, 11) is 1.46. The van der Waals surface area contributed by atoms with Crippen molar-refractivity contribution in [1.82, 2.24) is 16.0 Å². The van der Waals surface area contributed by atoms with E-state index in [0.717, 1.165) is 6.42 Å². The standard InChI is InChI=1S/C9H17N3O2/c1-4-5-6-11-7(2)8(13)12-9(14)10-3/h4,7,11H,1,5-6H2,2-3H3,(H2,10,12,13,14). The minimum Gasteiger partial charge on any atom is -0.341 e. The van der Waals surface area contributed by atoms with E-state index in [1.807, 2.05) is 0 Å². The van der Waals surface area contributed by atoms with Crippen LogP contribution in [0.4, 0.5) is 4.79 Å². The lowest BCUT2D eigenvalue weighted by molar-refractivity contribution is -0.121. The topological polar surface area (TPSA) is 70.2 Å². The molecule has 5 heteroatoms. The van der Waals surface area contributed by atoms with Gasteiger partial charge in [0.1, 0.15) is 0 Å². The van der Waals surface area contributed by atoms with Gasteiger partial charge in [0.15, 0.2) is 0 Å². The first-order chi connectivity index (χ1) is 6.61. The van der Waals surface area contributed by atoms with Crippen LogP contribution in [0.25, 0.3) is 0 Å². The Hall–Kier alpha value is -1.36. The van der Waals surface area contributed by atoms with Crippen molar-refractivity contribution in [2.75, 3.05) is 13.6 Å². The summed E-state index contributed by atoms with van der Waals surface area (Å²) >= 11 is 0. The molecule has 0 aromatic heterocycles. The molecule has 0 aliphatic carbocycles. The molecule has 0 radical (unpaired) electrons. The summed E-state index contributed by atoms with van der Waals surface area (Å²) in [5, 5.41) is 7.43. The molecule has 0 aliphatic heterocycles. The summed E-state index contributed by atoms with van der Waals surface area (Å²) in [4.78, 5) is 22.0. The van der Waals surface area contributed by atoms with Crippen LogP contribution < -0.4 is 16.0 Å². The molecule has 1 atom stereocenters. The molecule has 0 bridgehead atoms. The third-order valence-corrected chi connectivity index (χ3v) is 1.66. The average Bonchev–Trinajstić information content (AvgIpc) is 2.17. The predicted octanol–water partition coefficient (Wildman–Crippen LogP) is -0.00380. The lowest BCUT2D eigenvalue weighted by Gasteiger charge is -2.12. The second-order valence-electron chi connectivity index (χ2n) is 2.82. The molecule has 3 amide bonds. The fourth-order valence-corrected chi connectivity index (χ4v) is 0.777. The summed E-state index contributed by atoms with van der Waals surface area (Å²) in [5.74, 6) is -0.339. The van der Waals surface area contributed by atoms with Crippen LogP contribution in [0.3, 0.4) is 0 Å². The number of nitrogens with one attached hydrogen (secondary N) is 3. The first-order valence-electron chi connectivity index (χ1n) is 4.48. The third kappa shape index (κ3) is 5.31. The van der Waals surface area contributed by atoms with Gasteiger partial charge in [-0.05, 0) is 19.9 Å². The molecule has 14 heavy (non-hydrogen) atoms. The van der Waals surface area contributed by atoms with E-state index < -0.39 is 6.03 Å². The lowest BCUT2D eigenvalue weighted by atomic mass is 10.3. The van der Waals surface area contributed by atoms with Crippen LogP contribution in [-0.4, -0.2) is 31.6 Å². The second kappa shape index (κ2) is 7.08. The van der Waals surface area contributed by atoms with Crippen LogP contribution in [-0.2, 0) is 4.79 Å². The van der Waals surface area contributed by atoms with Crippen molar-refractivity contribution < 1.29 is 9.59 Å². The molecule has 80 valence electrons. The summed E-state index contributed by atoms with van der Waals surface area (Å²) in [6.45, 7) is 5.93. The first-order valence-corrected chi connectivity index (χ1v) is 4.48. The number of rotatable bonds is 5. The van der Waals surface area contributed by atoms with E-state index in [9.17, 15) is 9.59 Å². The average molecular weight is 199 g/mol. The largest absolute Gasteiger partial charge is 0.341 e. The molecule has 0 heterocycles. The van der Waals surface area contributed by atoms with Crippen molar-refractivity contribution in [3.05, 3.63) is 12.7 Å². The Bertz CT molecular complexity index is 216. The van der Waals surface area contributed by atoms with Gasteiger partial charge in [-0.2, -0.15) is 0 Å². The maximum atomic E-state index is 11.2. The quantitative estimate of drug-likeness (QED) is 0.431. The molecule has 0 aliphatic rings. The summed E-state index contributed by atoms with van der Waals surface area (Å²) < 4.78 is 0. The zero-order valence-electron chi connectivity index (χ0n) is 8.59. The number of amides is 3. The number of hydrogen-bond acceptors (Lipinski definition) is 3. The van der Waals surface area contributed by atoms with Gasteiger partial charge in [0.2, 0.25) is 5.91 Å². The van der Waals surface area contributed by atoms with E-state index in [4.69, 9.17) is 0 Å². The van der Waals surface area contributed by atoms with Crippen molar-refractivity contribution in [2.45, 2.75) is 19.4 Å². The van der Waals surface area contributed by atoms with Crippen LogP contribution in [0.15, 0.2) is 12.7 Å². The van der Waals surface area contributed by atoms with Crippen molar-refractivity contribution in [2.24, 2.45) is 0 Å². The SMILES string of the molecule is C=CCCNC(C)C(=O)NC(=O)NC. The zero-order valence-corrected chi connectivity index (χ0v) is 8.59. The van der Waals surface area contributed by atoms with Crippen LogP contribution in [0, 0.1) is 0 Å². The van der Waals surface area contributed by atoms with Gasteiger partial charge in [0.05, 0.1) is 6.04 Å². The normalized spacial score (nSPS) is 11.6. The van der Waals surface area contributed by atoms with Gasteiger partial charge in [0.25, 0.3) is 0 Å². The minimum atomic E-state index is -0.493. The van der Waals surface area contributed by atoms with Gasteiger partial charge in [-0.1, -0.05) is 6.08 Å². The smallest absolute Gasteiger partial charge is 0.321 e. The van der Waals surface area contributed by atoms with E-state index in [1.54, 1.807) is 13.0 Å². The molecule has 0 aromatic carbocycles. The fourth-order valence-electron chi connectivity index (χ4n) is 0.777. The molecule has 3 N–H and O–H groups in total. The highest BCUT2D eigenvalue weighted by Crippen LogP contribution is 1.84. The van der Waals surface area contributed by atoms with E-state index in [-0.39, 0.29) is 11.9 Å². The monoisotopic (exact) mass is 199 g/mol. The Balaban J connectivity index is 3.75. The van der Waals surface area contributed by atoms with Crippen molar-refractivity contribution in [3.8, 4) is 0 Å². The molecule has 0 fully saturated rings. The molecular weight excluding hydrogens is 182 g/mol. The van der Waals surface area contributed by atoms with E-state index in [2.05, 4.69) is 22.5 Å². The highest BCUT2D eigenvalue weighted by Gasteiger charge is 2.13. The van der Waals surface area contributed by atoms with Gasteiger partial charge in [-0.15, -0.1) is 6.58 Å². The van der Waals surface area contributed by atoms with Crippen molar-refractivity contribution in [1.29, 1.82) is 0 Å². The second-order valence-corrected chi connectivity index (χ2v) is 2.82. The molecule has 0 aromatic rings. The minimum absolute atomic E-state index is 0.339. The Morgan fingerprint density at radius 2 is 2.14 bits per heavy atom. The van der Waals surface area contributed by atoms with Gasteiger partial charge < -0.3 is 10.6 Å². The molecule has 0 saturated heterocycles. The van der Waals surface area contributed by atoms with Crippen molar-refractivity contribution >= 4 is 11.9 Å². The van der Waals surface area contributed by atoms with Gasteiger partial charge in [-0.25, -0.2) is 4.79 Å². The Morgan fingerprint density at radius 1 is 1.50 bits per heavy atom. The van der Waals surface area contributed by atoms with Crippen LogP contribution >= 0.6 is 0 Å². The Labute approximate surface area is 83.9 Å². The van der Waals surface area contributed by atoms with Gasteiger partial charge in [-0.3, -0.25) is 10.1 Å². The maximum Gasteiger partial charge on any atom is 0.321 e. The number of carbonyl (C=O) groups excluding carboxylic acids is 2. The lowest BCUT2D eigenvalue weighted by Crippen LogP contribution is -2.47. The number of imide groups is 1.